The predicted molar refractivity (Wildman–Crippen MR) is 234 cm³/mol. The van der Waals surface area contributed by atoms with Crippen LogP contribution in [0.2, 0.25) is 0 Å². The number of aliphatic hydroxyl groups excluding tert-OH is 1. The predicted octanol–water partition coefficient (Wildman–Crippen LogP) is 10.2. The molecule has 0 aliphatic carbocycles. The van der Waals surface area contributed by atoms with Crippen molar-refractivity contribution in [3.8, 4) is 0 Å². The minimum absolute atomic E-state index is 0.0459. The van der Waals surface area contributed by atoms with Crippen LogP contribution >= 0.6 is 15.6 Å². The number of epoxide rings is 1. The molecular weight excluding hydrogens is 814 g/mol. The van der Waals surface area contributed by atoms with Crippen LogP contribution in [-0.4, -0.2) is 82.6 Å². The number of carbonyl (C=O) groups excluding carboxylic acids is 2. The first-order valence-electron chi connectivity index (χ1n) is 22.1. The lowest BCUT2D eigenvalue weighted by atomic mass is 10.1. The summed E-state index contributed by atoms with van der Waals surface area (Å²) in [4.78, 5) is 52.7. The van der Waals surface area contributed by atoms with Crippen molar-refractivity contribution < 1.29 is 66.3 Å². The molecule has 60 heavy (non-hydrogen) atoms. The third kappa shape index (κ3) is 36.4. The van der Waals surface area contributed by atoms with Gasteiger partial charge in [0.15, 0.2) is 6.10 Å². The molecular formula is C44H76O14P2. The molecule has 0 aromatic carbocycles. The molecule has 1 aliphatic heterocycles. The molecule has 0 radical (unpaired) electrons. The molecule has 0 bridgehead atoms. The standard InChI is InChI=1S/C44H76O14P2/c1-3-5-7-8-9-10-11-12-13-14-15-19-22-25-29-33-43(46)53-37-40(38-56-60(51,52)55-36-39(45)35-54-59(48,49)50)57-44(47)34-30-26-23-20-17-16-18-21-24-28-32-42-41(58-42)31-27-6-4-2/h10-13,16,18,20,23-24,28,39-42,45H,3-9,14-15,17,19,21-22,25-27,29-38H2,1-2H3,(H,51,52)(H2,48,49,50)/b11-10-,13-12-,18-16-,23-20-,28-24-/t39-,40+,41?,42?/m0/s1. The number of phosphoric ester groups is 2. The zero-order valence-corrected chi connectivity index (χ0v) is 38.0. The molecule has 1 rings (SSSR count). The Hall–Kier alpha value is -2.22. The van der Waals surface area contributed by atoms with Gasteiger partial charge in [0, 0.05) is 12.8 Å². The summed E-state index contributed by atoms with van der Waals surface area (Å²) in [6.45, 7) is 1.62. The SMILES string of the molecule is CCCCCC/C=C\C=C/CCCCCCCC(=O)OC[C@H](COP(=O)(O)OC[C@@H](O)COP(=O)(O)O)OC(=O)CCC/C=C\C/C=C\C/C=C\CC1OC1CCCCC. The van der Waals surface area contributed by atoms with E-state index in [0.29, 0.717) is 31.5 Å². The van der Waals surface area contributed by atoms with Gasteiger partial charge in [-0.2, -0.15) is 0 Å². The summed E-state index contributed by atoms with van der Waals surface area (Å²) in [7, 11) is -9.70. The molecule has 4 N–H and O–H groups in total. The quantitative estimate of drug-likeness (QED) is 0.0113. The van der Waals surface area contributed by atoms with E-state index in [4.69, 9.17) is 28.5 Å². The number of hydrogen-bond donors (Lipinski definition) is 4. The molecule has 0 aromatic rings. The summed E-state index contributed by atoms with van der Waals surface area (Å²) in [5.74, 6) is -1.12. The Morgan fingerprint density at radius 1 is 0.600 bits per heavy atom. The zero-order valence-electron chi connectivity index (χ0n) is 36.2. The van der Waals surface area contributed by atoms with Gasteiger partial charge in [-0.15, -0.1) is 0 Å². The van der Waals surface area contributed by atoms with Crippen molar-refractivity contribution in [2.45, 2.75) is 180 Å². The van der Waals surface area contributed by atoms with E-state index in [1.54, 1.807) is 0 Å². The number of phosphoric acid groups is 2. The summed E-state index contributed by atoms with van der Waals surface area (Å²) >= 11 is 0. The lowest BCUT2D eigenvalue weighted by molar-refractivity contribution is -0.161. The highest BCUT2D eigenvalue weighted by molar-refractivity contribution is 7.47. The number of aliphatic hydroxyl groups is 1. The lowest BCUT2D eigenvalue weighted by Gasteiger charge is -2.20. The van der Waals surface area contributed by atoms with Crippen LogP contribution in [0.25, 0.3) is 0 Å². The first-order valence-corrected chi connectivity index (χ1v) is 25.1. The largest absolute Gasteiger partial charge is 0.472 e. The number of hydrogen-bond acceptors (Lipinski definition) is 11. The Kier molecular flexibility index (Phi) is 33.7. The molecule has 1 saturated heterocycles. The third-order valence-corrected chi connectivity index (χ3v) is 10.8. The molecule has 3 unspecified atom stereocenters. The first-order chi connectivity index (χ1) is 28.8. The molecule has 0 aromatic heterocycles. The molecule has 1 heterocycles. The van der Waals surface area contributed by atoms with E-state index >= 15 is 0 Å². The molecule has 14 nitrogen and oxygen atoms in total. The van der Waals surface area contributed by atoms with Crippen LogP contribution in [-0.2, 0) is 46.5 Å². The van der Waals surface area contributed by atoms with Gasteiger partial charge in [0.2, 0.25) is 0 Å². The van der Waals surface area contributed by atoms with Crippen molar-refractivity contribution in [3.63, 3.8) is 0 Å². The summed E-state index contributed by atoms with van der Waals surface area (Å²) in [6.07, 6.45) is 39.6. The van der Waals surface area contributed by atoms with Gasteiger partial charge in [-0.1, -0.05) is 132 Å². The topological polar surface area (TPSA) is 208 Å². The van der Waals surface area contributed by atoms with Crippen molar-refractivity contribution in [1.82, 2.24) is 0 Å². The van der Waals surface area contributed by atoms with E-state index in [9.17, 15) is 28.7 Å². The zero-order chi connectivity index (χ0) is 44.2. The van der Waals surface area contributed by atoms with Crippen molar-refractivity contribution in [2.75, 3.05) is 26.4 Å². The van der Waals surface area contributed by atoms with Crippen LogP contribution in [0.4, 0.5) is 0 Å². The van der Waals surface area contributed by atoms with Crippen molar-refractivity contribution in [3.05, 3.63) is 60.8 Å². The minimum Gasteiger partial charge on any atom is -0.462 e. The number of ether oxygens (including phenoxy) is 3. The Bertz CT molecular complexity index is 1360. The molecule has 16 heteroatoms. The summed E-state index contributed by atoms with van der Waals surface area (Å²) in [6, 6.07) is 0. The minimum atomic E-state index is -4.87. The Balaban J connectivity index is 2.41. The maximum absolute atomic E-state index is 12.7. The van der Waals surface area contributed by atoms with E-state index in [2.05, 4.69) is 71.5 Å². The van der Waals surface area contributed by atoms with Crippen LogP contribution in [0, 0.1) is 0 Å². The fraction of sp³-hybridized carbons (Fsp3) is 0.727. The van der Waals surface area contributed by atoms with Gasteiger partial charge < -0.3 is 34.0 Å². The molecule has 1 fully saturated rings. The average Bonchev–Trinajstić information content (AvgIpc) is 3.96. The third-order valence-electron chi connectivity index (χ3n) is 9.32. The summed E-state index contributed by atoms with van der Waals surface area (Å²) in [5, 5.41) is 9.75. The molecule has 346 valence electrons. The van der Waals surface area contributed by atoms with E-state index in [1.165, 1.54) is 44.9 Å². The Morgan fingerprint density at radius 3 is 1.83 bits per heavy atom. The molecule has 1 aliphatic rings. The second-order valence-electron chi connectivity index (χ2n) is 15.0. The summed E-state index contributed by atoms with van der Waals surface area (Å²) < 4.78 is 53.4. The first kappa shape index (κ1) is 55.8. The molecule has 5 atom stereocenters. The Labute approximate surface area is 359 Å². The number of unbranched alkanes of at least 4 members (excludes halogenated alkanes) is 12. The molecule has 0 spiro atoms. The van der Waals surface area contributed by atoms with Crippen LogP contribution in [0.5, 0.6) is 0 Å². The van der Waals surface area contributed by atoms with Crippen LogP contribution in [0.3, 0.4) is 0 Å². The van der Waals surface area contributed by atoms with Gasteiger partial charge in [0.1, 0.15) is 12.7 Å². The normalized spacial score (nSPS) is 18.0. The fourth-order valence-electron chi connectivity index (χ4n) is 5.84. The molecule has 0 saturated carbocycles. The van der Waals surface area contributed by atoms with Crippen molar-refractivity contribution >= 4 is 27.6 Å². The van der Waals surface area contributed by atoms with E-state index in [-0.39, 0.29) is 12.8 Å². The van der Waals surface area contributed by atoms with Gasteiger partial charge in [-0.05, 0) is 70.6 Å². The van der Waals surface area contributed by atoms with Crippen LogP contribution < -0.4 is 0 Å². The van der Waals surface area contributed by atoms with Gasteiger partial charge in [0.05, 0.1) is 32.0 Å². The molecule has 0 amide bonds. The monoisotopic (exact) mass is 890 g/mol. The van der Waals surface area contributed by atoms with Gasteiger partial charge in [-0.25, -0.2) is 9.13 Å². The highest BCUT2D eigenvalue weighted by Crippen LogP contribution is 2.44. The van der Waals surface area contributed by atoms with Crippen LogP contribution in [0.15, 0.2) is 60.8 Å². The average molecular weight is 891 g/mol. The van der Waals surface area contributed by atoms with Crippen LogP contribution in [0.1, 0.15) is 155 Å². The van der Waals surface area contributed by atoms with E-state index < -0.39 is 66.2 Å². The highest BCUT2D eigenvalue weighted by atomic mass is 31.2. The number of rotatable bonds is 40. The maximum atomic E-state index is 12.7. The number of carbonyl (C=O) groups is 2. The van der Waals surface area contributed by atoms with Gasteiger partial charge in [0.25, 0.3) is 0 Å². The second kappa shape index (κ2) is 36.3. The highest BCUT2D eigenvalue weighted by Gasteiger charge is 2.36. The second-order valence-corrected chi connectivity index (χ2v) is 17.7. The van der Waals surface area contributed by atoms with E-state index in [1.807, 2.05) is 12.2 Å². The van der Waals surface area contributed by atoms with Gasteiger partial charge >= 0.3 is 27.6 Å². The van der Waals surface area contributed by atoms with Crippen molar-refractivity contribution in [1.29, 1.82) is 0 Å². The van der Waals surface area contributed by atoms with E-state index in [0.717, 1.165) is 64.2 Å². The number of esters is 2. The lowest BCUT2D eigenvalue weighted by Crippen LogP contribution is -2.29. The Morgan fingerprint density at radius 2 is 1.15 bits per heavy atom. The summed E-state index contributed by atoms with van der Waals surface area (Å²) in [5.41, 5.74) is 0. The van der Waals surface area contributed by atoms with Crippen molar-refractivity contribution in [2.24, 2.45) is 0 Å². The smallest absolute Gasteiger partial charge is 0.462 e. The number of allylic oxidation sites excluding steroid dienone is 9. The van der Waals surface area contributed by atoms with Gasteiger partial charge in [-0.3, -0.25) is 23.2 Å². The fourth-order valence-corrected chi connectivity index (χ4v) is 6.99. The maximum Gasteiger partial charge on any atom is 0.472 e.